The number of Topliss-reactive ketones (excluding diaryl/α,β-unsaturated/α-hetero) is 3. The Morgan fingerprint density at radius 2 is 1.63 bits per heavy atom. The van der Waals surface area contributed by atoms with Gasteiger partial charge in [0.15, 0.2) is 5.78 Å². The lowest BCUT2D eigenvalue weighted by molar-refractivity contribution is -0.265. The Bertz CT molecular complexity index is 1720. The van der Waals surface area contributed by atoms with Gasteiger partial charge in [0.25, 0.3) is 11.7 Å². The molecule has 2 aliphatic heterocycles. The number of methoxy groups -OCH3 is 3. The van der Waals surface area contributed by atoms with Gasteiger partial charge >= 0.3 is 5.97 Å². The maximum Gasteiger partial charge on any atom is 0.329 e. The quantitative estimate of drug-likeness (QED) is 0.0326. The molecule has 0 spiro atoms. The molecule has 3 rings (SSSR count). The molecule has 0 aromatic heterocycles. The van der Waals surface area contributed by atoms with Crippen LogP contribution in [0.4, 0.5) is 0 Å². The summed E-state index contributed by atoms with van der Waals surface area (Å²) in [5, 5.41) is 22.3. The number of aliphatic hydroxyl groups excluding tert-OH is 1. The number of nitrogens with zero attached hydrogens (tertiary/aromatic N) is 1. The molecule has 0 radical (unpaired) electrons. The molecule has 2 heterocycles. The number of rotatable bonds is 25. The summed E-state index contributed by atoms with van der Waals surface area (Å²) in [5.41, 5.74) is 1.30. The highest BCUT2D eigenvalue weighted by molar-refractivity contribution is 6.39. The van der Waals surface area contributed by atoms with E-state index < -0.39 is 65.7 Å². The number of carbonyl (C=O) groups excluding carboxylic acids is 6. The minimum absolute atomic E-state index is 0.0796. The standard InChI is InChI=1S/C51H79NO13/c1-32(24-36(5)44(56)31-61-8)16-12-11-13-17-34(3)45(62-9)28-40-21-19-38(7)51(60,65-40)48(57)49(58)52-23-15-14-18-41(52)50(59)64-46(29-43(55)35(4)25-33(2)30-53)37(6)26-39-20-22-42(54)47(27-39)63-10/h11-13,16-17,25,30,32,35-42,45-47,54,60H,14-15,18-24,26-29,31H2,1-10H3/b13-11+,16-12+,33-25+,34-17+. The number of ether oxygens (including phenoxy) is 5. The molecular weight excluding hydrogens is 835 g/mol. The average Bonchev–Trinajstić information content (AvgIpc) is 3.28. The van der Waals surface area contributed by atoms with Crippen LogP contribution < -0.4 is 0 Å². The molecule has 13 unspecified atom stereocenters. The normalized spacial score (nSPS) is 28.6. The van der Waals surface area contributed by atoms with Crippen molar-refractivity contribution < 1.29 is 62.7 Å². The molecule has 14 nitrogen and oxygen atoms in total. The van der Waals surface area contributed by atoms with Gasteiger partial charge < -0.3 is 38.8 Å². The fourth-order valence-corrected chi connectivity index (χ4v) is 9.44. The Hall–Kier alpha value is -3.66. The van der Waals surface area contributed by atoms with Crippen molar-refractivity contribution in [3.63, 3.8) is 0 Å². The number of carbonyl (C=O) groups is 6. The summed E-state index contributed by atoms with van der Waals surface area (Å²) in [6, 6.07) is -1.12. The van der Waals surface area contributed by atoms with Crippen molar-refractivity contribution >= 4 is 35.5 Å². The van der Waals surface area contributed by atoms with Gasteiger partial charge in [-0.3, -0.25) is 24.0 Å². The van der Waals surface area contributed by atoms with Crippen LogP contribution in [0.25, 0.3) is 0 Å². The molecule has 366 valence electrons. The second kappa shape index (κ2) is 27.2. The SMILES string of the molecule is COCC(=O)C(C)CC(C)/C=C/C=C/C=C(\C)C(CC1CCC(C)C(O)(C(=O)C(=O)N2CCCCC2C(=O)OC(CC(=O)C(C)/C=C(\C)C=O)C(C)CC2CCC(O)C(OC)C2)O1)OC. The third-order valence-electron chi connectivity index (χ3n) is 13.7. The lowest BCUT2D eigenvalue weighted by Gasteiger charge is -2.42. The first-order valence-corrected chi connectivity index (χ1v) is 23.7. The summed E-state index contributed by atoms with van der Waals surface area (Å²) >= 11 is 0. The van der Waals surface area contributed by atoms with E-state index in [1.54, 1.807) is 41.1 Å². The number of ketones is 3. The predicted octanol–water partition coefficient (Wildman–Crippen LogP) is 6.64. The zero-order valence-electron chi connectivity index (χ0n) is 40.7. The number of hydrogen-bond acceptors (Lipinski definition) is 13. The Labute approximate surface area is 387 Å². The van der Waals surface area contributed by atoms with Gasteiger partial charge in [-0.05, 0) is 107 Å². The first kappa shape index (κ1) is 55.7. The molecular formula is C51H79NO13. The summed E-state index contributed by atoms with van der Waals surface area (Å²) < 4.78 is 28.6. The molecule has 14 heteroatoms. The van der Waals surface area contributed by atoms with E-state index >= 15 is 0 Å². The van der Waals surface area contributed by atoms with Crippen LogP contribution in [-0.4, -0.2) is 127 Å². The van der Waals surface area contributed by atoms with Crippen LogP contribution in [0.15, 0.2) is 47.6 Å². The minimum Gasteiger partial charge on any atom is -0.460 e. The van der Waals surface area contributed by atoms with E-state index in [9.17, 15) is 39.0 Å². The molecule has 1 aliphatic carbocycles. The van der Waals surface area contributed by atoms with Crippen molar-refractivity contribution in [2.45, 2.75) is 168 Å². The van der Waals surface area contributed by atoms with Crippen LogP contribution in [0.1, 0.15) is 126 Å². The summed E-state index contributed by atoms with van der Waals surface area (Å²) in [6.45, 7) is 13.0. The van der Waals surface area contributed by atoms with Gasteiger partial charge in [0.1, 0.15) is 30.8 Å². The second-order valence-electron chi connectivity index (χ2n) is 19.1. The van der Waals surface area contributed by atoms with E-state index in [-0.39, 0.29) is 67.3 Å². The fourth-order valence-electron chi connectivity index (χ4n) is 9.44. The molecule has 0 aromatic rings. The van der Waals surface area contributed by atoms with Gasteiger partial charge in [-0.25, -0.2) is 4.79 Å². The zero-order valence-corrected chi connectivity index (χ0v) is 40.7. The summed E-state index contributed by atoms with van der Waals surface area (Å²) in [4.78, 5) is 80.6. The van der Waals surface area contributed by atoms with E-state index in [1.165, 1.54) is 12.0 Å². The molecule has 65 heavy (non-hydrogen) atoms. The Morgan fingerprint density at radius 3 is 2.29 bits per heavy atom. The van der Waals surface area contributed by atoms with Crippen LogP contribution in [0, 0.1) is 35.5 Å². The molecule has 13 atom stereocenters. The van der Waals surface area contributed by atoms with E-state index in [1.807, 2.05) is 51.2 Å². The summed E-state index contributed by atoms with van der Waals surface area (Å²) in [5.74, 6) is -6.84. The highest BCUT2D eigenvalue weighted by atomic mass is 16.6. The minimum atomic E-state index is -2.44. The highest BCUT2D eigenvalue weighted by Gasteiger charge is 2.53. The smallest absolute Gasteiger partial charge is 0.329 e. The summed E-state index contributed by atoms with van der Waals surface area (Å²) in [6.07, 6.45) is 14.9. The van der Waals surface area contributed by atoms with Crippen LogP contribution in [0.5, 0.6) is 0 Å². The lowest BCUT2D eigenvalue weighted by Crippen LogP contribution is -2.61. The van der Waals surface area contributed by atoms with Crippen molar-refractivity contribution in [1.29, 1.82) is 0 Å². The number of likely N-dealkylation sites (tertiary alicyclic amines) is 1. The van der Waals surface area contributed by atoms with Crippen molar-refractivity contribution in [1.82, 2.24) is 4.90 Å². The monoisotopic (exact) mass is 914 g/mol. The van der Waals surface area contributed by atoms with Gasteiger partial charge in [0.2, 0.25) is 5.79 Å². The van der Waals surface area contributed by atoms with E-state index in [0.29, 0.717) is 63.2 Å². The van der Waals surface area contributed by atoms with E-state index in [4.69, 9.17) is 23.7 Å². The predicted molar refractivity (Wildman–Crippen MR) is 246 cm³/mol. The molecule has 0 bridgehead atoms. The third kappa shape index (κ3) is 16.6. The first-order chi connectivity index (χ1) is 30.8. The van der Waals surface area contributed by atoms with Gasteiger partial charge in [0, 0.05) is 58.5 Å². The van der Waals surface area contributed by atoms with Gasteiger partial charge in [-0.15, -0.1) is 0 Å². The van der Waals surface area contributed by atoms with Gasteiger partial charge in [0.05, 0.1) is 24.4 Å². The number of amides is 1. The lowest BCUT2D eigenvalue weighted by atomic mass is 9.78. The Balaban J connectivity index is 1.73. The second-order valence-corrected chi connectivity index (χ2v) is 19.1. The van der Waals surface area contributed by atoms with Gasteiger partial charge in [-0.1, -0.05) is 71.1 Å². The van der Waals surface area contributed by atoms with Crippen LogP contribution >= 0.6 is 0 Å². The molecule has 2 N–H and O–H groups in total. The van der Waals surface area contributed by atoms with Crippen LogP contribution in [0.3, 0.4) is 0 Å². The molecule has 3 aliphatic rings. The Morgan fingerprint density at radius 1 is 0.908 bits per heavy atom. The maximum atomic E-state index is 14.2. The average molecular weight is 914 g/mol. The first-order valence-electron chi connectivity index (χ1n) is 23.7. The van der Waals surface area contributed by atoms with Gasteiger partial charge in [-0.2, -0.15) is 0 Å². The van der Waals surface area contributed by atoms with E-state index in [0.717, 1.165) is 18.4 Å². The fraction of sp³-hybridized carbons (Fsp3) is 0.725. The number of aliphatic hydroxyl groups is 2. The number of hydrogen-bond donors (Lipinski definition) is 2. The van der Waals surface area contributed by atoms with Crippen molar-refractivity contribution in [2.75, 3.05) is 34.5 Å². The molecule has 0 aromatic carbocycles. The molecule has 1 amide bonds. The number of esters is 1. The molecule has 1 saturated carbocycles. The molecule has 3 fully saturated rings. The number of aldehydes is 1. The topological polar surface area (TPSA) is 192 Å². The Kier molecular flexibility index (Phi) is 23.3. The number of allylic oxidation sites excluding steroid dienone is 7. The van der Waals surface area contributed by atoms with Crippen molar-refractivity contribution in [2.24, 2.45) is 35.5 Å². The third-order valence-corrected chi connectivity index (χ3v) is 13.7. The maximum absolute atomic E-state index is 14.2. The molecule has 2 saturated heterocycles. The zero-order chi connectivity index (χ0) is 48.4. The largest absolute Gasteiger partial charge is 0.460 e. The summed E-state index contributed by atoms with van der Waals surface area (Å²) in [7, 11) is 4.66. The van der Waals surface area contributed by atoms with Crippen LogP contribution in [0.2, 0.25) is 0 Å². The van der Waals surface area contributed by atoms with Crippen LogP contribution in [-0.2, 0) is 52.5 Å². The van der Waals surface area contributed by atoms with E-state index in [2.05, 4.69) is 6.92 Å². The van der Waals surface area contributed by atoms with Crippen molar-refractivity contribution in [3.05, 3.63) is 47.6 Å². The van der Waals surface area contributed by atoms with Crippen molar-refractivity contribution in [3.8, 4) is 0 Å². The highest BCUT2D eigenvalue weighted by Crippen LogP contribution is 2.37. The number of piperidine rings is 1.